The second kappa shape index (κ2) is 12.7. The Bertz CT molecular complexity index is 1310. The topological polar surface area (TPSA) is 94.2 Å². The van der Waals surface area contributed by atoms with Gasteiger partial charge in [0.05, 0.1) is 31.3 Å². The number of hydrogen-bond acceptors (Lipinski definition) is 6. The lowest BCUT2D eigenvalue weighted by Gasteiger charge is -2.24. The van der Waals surface area contributed by atoms with Gasteiger partial charge in [-0.1, -0.05) is 43.6 Å². The van der Waals surface area contributed by atoms with Gasteiger partial charge in [0.2, 0.25) is 5.91 Å². The molecule has 8 nitrogen and oxygen atoms in total. The van der Waals surface area contributed by atoms with Crippen molar-refractivity contribution >= 4 is 33.2 Å². The van der Waals surface area contributed by atoms with E-state index in [1.54, 1.807) is 24.3 Å². The lowest BCUT2D eigenvalue weighted by molar-refractivity contribution is -0.119. The third kappa shape index (κ3) is 7.08. The number of amides is 1. The van der Waals surface area contributed by atoms with E-state index in [2.05, 4.69) is 19.2 Å². The van der Waals surface area contributed by atoms with Gasteiger partial charge in [0.15, 0.2) is 11.5 Å². The van der Waals surface area contributed by atoms with Crippen LogP contribution >= 0.6 is 11.6 Å². The Labute approximate surface area is 223 Å². The standard InChI is InChI=1S/C27H31ClN2O6S/c1-19(2)23-7-5-6-8-24(23)36-16-15-29-27(31)18-30(21-11-9-20(28)10-12-21)37(32,33)22-13-14-25(34-3)26(17-22)35-4/h5-14,17,19H,15-16,18H2,1-4H3,(H,29,31). The lowest BCUT2D eigenvalue weighted by atomic mass is 10.0. The highest BCUT2D eigenvalue weighted by atomic mass is 35.5. The van der Waals surface area contributed by atoms with E-state index in [0.29, 0.717) is 16.7 Å². The number of nitrogens with one attached hydrogen (secondary N) is 1. The van der Waals surface area contributed by atoms with Crippen molar-refractivity contribution in [2.75, 3.05) is 38.2 Å². The lowest BCUT2D eigenvalue weighted by Crippen LogP contribution is -2.42. The smallest absolute Gasteiger partial charge is 0.264 e. The molecule has 0 heterocycles. The molecule has 0 fully saturated rings. The number of para-hydroxylation sites is 1. The van der Waals surface area contributed by atoms with Crippen LogP contribution in [-0.2, 0) is 14.8 Å². The maximum atomic E-state index is 13.6. The number of hydrogen-bond donors (Lipinski definition) is 1. The second-order valence-corrected chi connectivity index (χ2v) is 10.7. The zero-order chi connectivity index (χ0) is 27.0. The van der Waals surface area contributed by atoms with Crippen molar-refractivity contribution in [3.63, 3.8) is 0 Å². The van der Waals surface area contributed by atoms with Crippen molar-refractivity contribution in [1.29, 1.82) is 0 Å². The summed E-state index contributed by atoms with van der Waals surface area (Å²) in [6.45, 7) is 4.15. The van der Waals surface area contributed by atoms with Crippen molar-refractivity contribution in [1.82, 2.24) is 5.32 Å². The molecule has 0 saturated carbocycles. The quantitative estimate of drug-likeness (QED) is 0.326. The Balaban J connectivity index is 1.76. The first-order valence-corrected chi connectivity index (χ1v) is 13.5. The van der Waals surface area contributed by atoms with Gasteiger partial charge in [-0.15, -0.1) is 0 Å². The van der Waals surface area contributed by atoms with Crippen LogP contribution in [0.15, 0.2) is 71.6 Å². The predicted molar refractivity (Wildman–Crippen MR) is 145 cm³/mol. The number of anilines is 1. The Morgan fingerprint density at radius 1 is 0.946 bits per heavy atom. The SMILES string of the molecule is COc1ccc(S(=O)(=O)N(CC(=O)NCCOc2ccccc2C(C)C)c2ccc(Cl)cc2)cc1OC. The fraction of sp³-hybridized carbons (Fsp3) is 0.296. The van der Waals surface area contributed by atoms with Crippen molar-refractivity contribution in [3.8, 4) is 17.2 Å². The average molecular weight is 547 g/mol. The number of carbonyl (C=O) groups excluding carboxylic acids is 1. The molecule has 0 radical (unpaired) electrons. The molecule has 1 N–H and O–H groups in total. The average Bonchev–Trinajstić information content (AvgIpc) is 2.90. The van der Waals surface area contributed by atoms with Crippen LogP contribution in [0, 0.1) is 0 Å². The van der Waals surface area contributed by atoms with Gasteiger partial charge in [-0.3, -0.25) is 9.10 Å². The molecule has 0 aromatic heterocycles. The van der Waals surface area contributed by atoms with Gasteiger partial charge in [0, 0.05) is 11.1 Å². The van der Waals surface area contributed by atoms with E-state index in [1.807, 2.05) is 24.3 Å². The number of carbonyl (C=O) groups is 1. The highest BCUT2D eigenvalue weighted by Crippen LogP contribution is 2.32. The van der Waals surface area contributed by atoms with Crippen molar-refractivity contribution < 1.29 is 27.4 Å². The van der Waals surface area contributed by atoms with Crippen molar-refractivity contribution in [2.45, 2.75) is 24.7 Å². The van der Waals surface area contributed by atoms with Crippen LogP contribution in [0.25, 0.3) is 0 Å². The molecule has 10 heteroatoms. The fourth-order valence-electron chi connectivity index (χ4n) is 3.65. The normalized spacial score (nSPS) is 11.2. The summed E-state index contributed by atoms with van der Waals surface area (Å²) in [5, 5.41) is 3.18. The number of nitrogens with zero attached hydrogens (tertiary/aromatic N) is 1. The monoisotopic (exact) mass is 546 g/mol. The van der Waals surface area contributed by atoms with Crippen LogP contribution < -0.4 is 23.8 Å². The van der Waals surface area contributed by atoms with E-state index in [-0.39, 0.29) is 29.5 Å². The minimum Gasteiger partial charge on any atom is -0.493 e. The number of sulfonamides is 1. The summed E-state index contributed by atoms with van der Waals surface area (Å²) in [4.78, 5) is 12.8. The molecular formula is C27H31ClN2O6S. The molecule has 0 bridgehead atoms. The van der Waals surface area contributed by atoms with Crippen LogP contribution in [0.3, 0.4) is 0 Å². The second-order valence-electron chi connectivity index (χ2n) is 8.40. The van der Waals surface area contributed by atoms with Crippen LogP contribution in [0.1, 0.15) is 25.3 Å². The zero-order valence-corrected chi connectivity index (χ0v) is 22.8. The Morgan fingerprint density at radius 3 is 2.27 bits per heavy atom. The van der Waals surface area contributed by atoms with Crippen molar-refractivity contribution in [2.24, 2.45) is 0 Å². The van der Waals surface area contributed by atoms with E-state index < -0.39 is 22.5 Å². The molecule has 1 amide bonds. The van der Waals surface area contributed by atoms with Crippen LogP contribution in [0.5, 0.6) is 17.2 Å². The highest BCUT2D eigenvalue weighted by molar-refractivity contribution is 7.92. The highest BCUT2D eigenvalue weighted by Gasteiger charge is 2.28. The summed E-state index contributed by atoms with van der Waals surface area (Å²) < 4.78 is 44.6. The number of ether oxygens (including phenoxy) is 3. The van der Waals surface area contributed by atoms with E-state index in [4.69, 9.17) is 25.8 Å². The molecular weight excluding hydrogens is 516 g/mol. The Morgan fingerprint density at radius 2 is 1.62 bits per heavy atom. The predicted octanol–water partition coefficient (Wildman–Crippen LogP) is 4.87. The molecule has 3 aromatic rings. The third-order valence-electron chi connectivity index (χ3n) is 5.57. The largest absolute Gasteiger partial charge is 0.493 e. The number of halogens is 1. The Kier molecular flexibility index (Phi) is 9.66. The number of benzene rings is 3. The van der Waals surface area contributed by atoms with Gasteiger partial charge in [-0.25, -0.2) is 8.42 Å². The van der Waals surface area contributed by atoms with Crippen molar-refractivity contribution in [3.05, 3.63) is 77.3 Å². The fourth-order valence-corrected chi connectivity index (χ4v) is 5.22. The molecule has 37 heavy (non-hydrogen) atoms. The summed E-state index contributed by atoms with van der Waals surface area (Å²) in [6, 6.07) is 18.2. The number of rotatable bonds is 12. The molecule has 0 aliphatic heterocycles. The van der Waals surface area contributed by atoms with Gasteiger partial charge < -0.3 is 19.5 Å². The molecule has 0 aliphatic rings. The van der Waals surface area contributed by atoms with E-state index >= 15 is 0 Å². The molecule has 3 aromatic carbocycles. The molecule has 0 saturated heterocycles. The summed E-state index contributed by atoms with van der Waals surface area (Å²) >= 11 is 6.00. The maximum absolute atomic E-state index is 13.6. The summed E-state index contributed by atoms with van der Waals surface area (Å²) in [5.41, 5.74) is 1.36. The van der Waals surface area contributed by atoms with E-state index in [1.165, 1.54) is 32.4 Å². The minimum absolute atomic E-state index is 0.0541. The minimum atomic E-state index is -4.15. The molecule has 0 spiro atoms. The third-order valence-corrected chi connectivity index (χ3v) is 7.59. The first-order chi connectivity index (χ1) is 17.7. The van der Waals surface area contributed by atoms with Gasteiger partial charge in [-0.05, 0) is 53.9 Å². The summed E-state index contributed by atoms with van der Waals surface area (Å²) in [7, 11) is -1.27. The zero-order valence-electron chi connectivity index (χ0n) is 21.2. The van der Waals surface area contributed by atoms with Crippen LogP contribution in [0.4, 0.5) is 5.69 Å². The Hall–Kier alpha value is -3.43. The van der Waals surface area contributed by atoms with Gasteiger partial charge >= 0.3 is 0 Å². The number of methoxy groups -OCH3 is 2. The summed E-state index contributed by atoms with van der Waals surface area (Å²) in [5.74, 6) is 1.20. The molecule has 0 unspecified atom stereocenters. The van der Waals surface area contributed by atoms with Crippen LogP contribution in [-0.4, -0.2) is 48.2 Å². The van der Waals surface area contributed by atoms with Gasteiger partial charge in [-0.2, -0.15) is 0 Å². The maximum Gasteiger partial charge on any atom is 0.264 e. The van der Waals surface area contributed by atoms with E-state index in [0.717, 1.165) is 15.6 Å². The van der Waals surface area contributed by atoms with E-state index in [9.17, 15) is 13.2 Å². The molecule has 3 rings (SSSR count). The van der Waals surface area contributed by atoms with Gasteiger partial charge in [0.25, 0.3) is 10.0 Å². The first kappa shape index (κ1) is 28.1. The van der Waals surface area contributed by atoms with Crippen LogP contribution in [0.2, 0.25) is 5.02 Å². The first-order valence-electron chi connectivity index (χ1n) is 11.7. The summed E-state index contributed by atoms with van der Waals surface area (Å²) in [6.07, 6.45) is 0. The molecule has 0 atom stereocenters. The van der Waals surface area contributed by atoms with Gasteiger partial charge in [0.1, 0.15) is 18.9 Å². The molecule has 198 valence electrons. The molecule has 0 aliphatic carbocycles.